The van der Waals surface area contributed by atoms with Crippen molar-refractivity contribution < 1.29 is 19.1 Å². The summed E-state index contributed by atoms with van der Waals surface area (Å²) in [6.07, 6.45) is 1.41. The normalized spacial score (nSPS) is 9.19. The minimum Gasteiger partial charge on any atom is -0.496 e. The first-order valence-electron chi connectivity index (χ1n) is 4.48. The maximum atomic E-state index is 11.3. The highest BCUT2D eigenvalue weighted by Gasteiger charge is 2.13. The molecule has 5 heteroatoms. The molecule has 0 aliphatic carbocycles. The molecule has 1 rings (SSSR count). The van der Waals surface area contributed by atoms with Gasteiger partial charge in [0.25, 0.3) is 0 Å². The number of ether oxygens (including phenoxy) is 2. The third-order valence-electron chi connectivity index (χ3n) is 2.05. The van der Waals surface area contributed by atoms with Gasteiger partial charge in [-0.15, -0.1) is 0 Å². The van der Waals surface area contributed by atoms with Crippen molar-refractivity contribution in [2.75, 3.05) is 14.2 Å². The van der Waals surface area contributed by atoms with Crippen LogP contribution in [0.4, 0.5) is 5.69 Å². The van der Waals surface area contributed by atoms with Gasteiger partial charge in [-0.2, -0.15) is 4.99 Å². The van der Waals surface area contributed by atoms with Crippen LogP contribution >= 0.6 is 0 Å². The van der Waals surface area contributed by atoms with Crippen molar-refractivity contribution in [2.45, 2.75) is 6.92 Å². The van der Waals surface area contributed by atoms with Crippen LogP contribution in [0.2, 0.25) is 0 Å². The summed E-state index contributed by atoms with van der Waals surface area (Å²) in [6.45, 7) is 1.40. The van der Waals surface area contributed by atoms with E-state index in [1.165, 1.54) is 39.4 Å². The number of hydrogen-bond donors (Lipinski definition) is 0. The van der Waals surface area contributed by atoms with Crippen LogP contribution in [0.15, 0.2) is 17.1 Å². The first kappa shape index (κ1) is 11.9. The summed E-state index contributed by atoms with van der Waals surface area (Å²) in [4.78, 5) is 25.0. The molecule has 0 N–H and O–H groups in total. The summed E-state index contributed by atoms with van der Waals surface area (Å²) in [7, 11) is 2.88. The number of carbonyl (C=O) groups excluding carboxylic acids is 2. The van der Waals surface area contributed by atoms with Crippen molar-refractivity contribution in [1.82, 2.24) is 0 Å². The second-order valence-corrected chi connectivity index (χ2v) is 2.98. The molecule has 0 aliphatic rings. The second kappa shape index (κ2) is 5.09. The predicted octanol–water partition coefficient (Wildman–Crippen LogP) is 1.87. The number of hydrogen-bond acceptors (Lipinski definition) is 5. The Kier molecular flexibility index (Phi) is 3.80. The van der Waals surface area contributed by atoms with E-state index in [4.69, 9.17) is 9.47 Å². The molecule has 0 spiro atoms. The highest BCUT2D eigenvalue weighted by molar-refractivity contribution is 5.98. The maximum absolute atomic E-state index is 11.3. The standard InChI is InChI=1S/C11H11NO4/c1-7(14)8-4-9(12-6-13)11(16-3)5-10(8)15-2/h4-5H,1-3H3. The van der Waals surface area contributed by atoms with E-state index in [0.717, 1.165) is 0 Å². The van der Waals surface area contributed by atoms with Gasteiger partial charge in [-0.05, 0) is 13.0 Å². The van der Waals surface area contributed by atoms with Crippen LogP contribution in [-0.4, -0.2) is 26.1 Å². The third kappa shape index (κ3) is 2.27. The molecule has 1 aromatic rings. The Morgan fingerprint density at radius 2 is 1.88 bits per heavy atom. The quantitative estimate of drug-likeness (QED) is 0.442. The van der Waals surface area contributed by atoms with Gasteiger partial charge < -0.3 is 9.47 Å². The van der Waals surface area contributed by atoms with Gasteiger partial charge in [0, 0.05) is 6.07 Å². The minimum absolute atomic E-state index is 0.179. The molecule has 0 atom stereocenters. The van der Waals surface area contributed by atoms with E-state index in [0.29, 0.717) is 17.1 Å². The lowest BCUT2D eigenvalue weighted by Crippen LogP contribution is -1.98. The van der Waals surface area contributed by atoms with Gasteiger partial charge in [0.15, 0.2) is 5.78 Å². The van der Waals surface area contributed by atoms with Crippen LogP contribution in [0, 0.1) is 0 Å². The molecule has 16 heavy (non-hydrogen) atoms. The van der Waals surface area contributed by atoms with Crippen LogP contribution in [0.1, 0.15) is 17.3 Å². The zero-order valence-electron chi connectivity index (χ0n) is 9.23. The number of Topliss-reactive ketones (excluding diaryl/α,β-unsaturated/α-hetero) is 1. The average molecular weight is 221 g/mol. The molecule has 0 heterocycles. The summed E-state index contributed by atoms with van der Waals surface area (Å²) in [5.74, 6) is 0.557. The van der Waals surface area contributed by atoms with Gasteiger partial charge >= 0.3 is 0 Å². The summed E-state index contributed by atoms with van der Waals surface area (Å²) >= 11 is 0. The third-order valence-corrected chi connectivity index (χ3v) is 2.05. The number of nitrogens with zero attached hydrogens (tertiary/aromatic N) is 1. The van der Waals surface area contributed by atoms with E-state index >= 15 is 0 Å². The number of benzene rings is 1. The van der Waals surface area contributed by atoms with Crippen molar-refractivity contribution in [2.24, 2.45) is 4.99 Å². The monoisotopic (exact) mass is 221 g/mol. The largest absolute Gasteiger partial charge is 0.496 e. The molecule has 0 aliphatic heterocycles. The summed E-state index contributed by atoms with van der Waals surface area (Å²) in [5, 5.41) is 0. The molecule has 0 saturated heterocycles. The number of rotatable bonds is 4. The maximum Gasteiger partial charge on any atom is 0.240 e. The van der Waals surface area contributed by atoms with E-state index in [2.05, 4.69) is 4.99 Å². The lowest BCUT2D eigenvalue weighted by atomic mass is 10.1. The second-order valence-electron chi connectivity index (χ2n) is 2.98. The molecule has 0 aromatic heterocycles. The molecule has 1 aromatic carbocycles. The smallest absolute Gasteiger partial charge is 0.240 e. The molecule has 84 valence electrons. The van der Waals surface area contributed by atoms with Crippen LogP contribution in [0.3, 0.4) is 0 Å². The fourth-order valence-corrected chi connectivity index (χ4v) is 1.29. The number of carbonyl (C=O) groups is 1. The predicted molar refractivity (Wildman–Crippen MR) is 57.3 cm³/mol. The van der Waals surface area contributed by atoms with E-state index in [9.17, 15) is 9.59 Å². The molecule has 0 radical (unpaired) electrons. The first-order valence-corrected chi connectivity index (χ1v) is 4.48. The molecular weight excluding hydrogens is 210 g/mol. The number of ketones is 1. The minimum atomic E-state index is -0.179. The highest BCUT2D eigenvalue weighted by atomic mass is 16.5. The topological polar surface area (TPSA) is 65.0 Å². The molecule has 0 saturated carbocycles. The Labute approximate surface area is 92.7 Å². The Hall–Kier alpha value is -2.13. The van der Waals surface area contributed by atoms with E-state index in [-0.39, 0.29) is 11.5 Å². The Morgan fingerprint density at radius 3 is 2.31 bits per heavy atom. The molecule has 0 bridgehead atoms. The highest BCUT2D eigenvalue weighted by Crippen LogP contribution is 2.34. The lowest BCUT2D eigenvalue weighted by molar-refractivity contribution is 0.101. The van der Waals surface area contributed by atoms with Gasteiger partial charge in [0.1, 0.15) is 17.2 Å². The first-order chi connectivity index (χ1) is 7.63. The fraction of sp³-hybridized carbons (Fsp3) is 0.273. The molecule has 0 fully saturated rings. The fourth-order valence-electron chi connectivity index (χ4n) is 1.29. The summed E-state index contributed by atoms with van der Waals surface area (Å²) in [5.41, 5.74) is 0.598. The summed E-state index contributed by atoms with van der Waals surface area (Å²) < 4.78 is 10.1. The van der Waals surface area contributed by atoms with Gasteiger partial charge in [0.05, 0.1) is 19.8 Å². The zero-order valence-corrected chi connectivity index (χ0v) is 9.23. The molecule has 0 amide bonds. The van der Waals surface area contributed by atoms with Gasteiger partial charge in [0.2, 0.25) is 6.08 Å². The van der Waals surface area contributed by atoms with Crippen molar-refractivity contribution in [3.8, 4) is 11.5 Å². The van der Waals surface area contributed by atoms with Crippen LogP contribution in [-0.2, 0) is 4.79 Å². The Balaban J connectivity index is 3.46. The number of methoxy groups -OCH3 is 2. The zero-order chi connectivity index (χ0) is 12.1. The molecule has 0 unspecified atom stereocenters. The SMILES string of the molecule is COc1cc(OC)c(C(C)=O)cc1N=C=O. The Morgan fingerprint density at radius 1 is 1.25 bits per heavy atom. The molecular formula is C11H11NO4. The van der Waals surface area contributed by atoms with Crippen LogP contribution in [0.25, 0.3) is 0 Å². The van der Waals surface area contributed by atoms with E-state index < -0.39 is 0 Å². The van der Waals surface area contributed by atoms with Crippen LogP contribution < -0.4 is 9.47 Å². The van der Waals surface area contributed by atoms with Gasteiger partial charge in [-0.1, -0.05) is 0 Å². The summed E-state index contributed by atoms with van der Waals surface area (Å²) in [6, 6.07) is 2.94. The van der Waals surface area contributed by atoms with Crippen molar-refractivity contribution >= 4 is 17.6 Å². The molecule has 5 nitrogen and oxygen atoms in total. The van der Waals surface area contributed by atoms with E-state index in [1.54, 1.807) is 0 Å². The van der Waals surface area contributed by atoms with Gasteiger partial charge in [-0.3, -0.25) is 4.79 Å². The van der Waals surface area contributed by atoms with Crippen molar-refractivity contribution in [1.29, 1.82) is 0 Å². The average Bonchev–Trinajstić information content (AvgIpc) is 2.28. The van der Waals surface area contributed by atoms with Crippen molar-refractivity contribution in [3.05, 3.63) is 17.7 Å². The Bertz CT molecular complexity index is 436. The van der Waals surface area contributed by atoms with Gasteiger partial charge in [-0.25, -0.2) is 4.79 Å². The van der Waals surface area contributed by atoms with Crippen LogP contribution in [0.5, 0.6) is 11.5 Å². The number of isocyanates is 1. The van der Waals surface area contributed by atoms with E-state index in [1.807, 2.05) is 0 Å². The lowest BCUT2D eigenvalue weighted by Gasteiger charge is -2.09. The number of aliphatic imine (C=N–C) groups is 1. The van der Waals surface area contributed by atoms with Crippen molar-refractivity contribution in [3.63, 3.8) is 0 Å².